The van der Waals surface area contributed by atoms with Gasteiger partial charge in [-0.2, -0.15) is 5.26 Å². The summed E-state index contributed by atoms with van der Waals surface area (Å²) in [5.41, 5.74) is 6.00. The van der Waals surface area contributed by atoms with Gasteiger partial charge in [-0.3, -0.25) is 0 Å². The zero-order valence-corrected chi connectivity index (χ0v) is 12.6. The Bertz CT molecular complexity index is 572. The number of carbonyl (C=O) groups excluding carboxylic acids is 1. The molecule has 0 aliphatic carbocycles. The molecule has 7 nitrogen and oxygen atoms in total. The zero-order chi connectivity index (χ0) is 14.7. The van der Waals surface area contributed by atoms with Crippen LogP contribution in [-0.2, 0) is 4.74 Å². The molecule has 2 rings (SSSR count). The lowest BCUT2D eigenvalue weighted by Crippen LogP contribution is -2.25. The van der Waals surface area contributed by atoms with Crippen molar-refractivity contribution >= 4 is 28.0 Å². The molecule has 0 unspecified atom stereocenters. The second-order valence-electron chi connectivity index (χ2n) is 4.61. The van der Waals surface area contributed by atoms with Crippen LogP contribution in [0.1, 0.15) is 17.8 Å². The highest BCUT2D eigenvalue weighted by atomic mass is 79.9. The van der Waals surface area contributed by atoms with Crippen molar-refractivity contribution in [1.29, 1.82) is 5.26 Å². The number of nitrogens with two attached hydrogens (primary N) is 1. The predicted molar refractivity (Wildman–Crippen MR) is 75.0 cm³/mol. The number of nitrogens with zero attached hydrogens (tertiary/aromatic N) is 4. The number of aryl methyl sites for hydroxylation is 1. The van der Waals surface area contributed by atoms with E-state index in [1.54, 1.807) is 0 Å². The second-order valence-corrected chi connectivity index (χ2v) is 5.41. The predicted octanol–water partition coefficient (Wildman–Crippen LogP) is 1.34. The summed E-state index contributed by atoms with van der Waals surface area (Å²) in [7, 11) is 0. The van der Waals surface area contributed by atoms with Crippen molar-refractivity contribution in [2.24, 2.45) is 11.7 Å². The molecular weight excluding hydrogens is 326 g/mol. The van der Waals surface area contributed by atoms with Crippen molar-refractivity contribution in [3.63, 3.8) is 0 Å². The van der Waals surface area contributed by atoms with Crippen molar-refractivity contribution in [3.05, 3.63) is 15.9 Å². The van der Waals surface area contributed by atoms with Crippen LogP contribution < -0.4 is 10.6 Å². The number of nitriles is 1. The zero-order valence-electron chi connectivity index (χ0n) is 11.0. The molecule has 1 aromatic heterocycles. The minimum atomic E-state index is -0.758. The average Bonchev–Trinajstić information content (AvgIpc) is 2.88. The van der Waals surface area contributed by atoms with Crippen molar-refractivity contribution in [2.75, 3.05) is 24.6 Å². The van der Waals surface area contributed by atoms with Crippen LogP contribution in [0.2, 0.25) is 0 Å². The highest BCUT2D eigenvalue weighted by Gasteiger charge is 2.26. The number of aromatic nitrogens is 2. The number of anilines is 1. The maximum absolute atomic E-state index is 10.6. The Morgan fingerprint density at radius 3 is 3.05 bits per heavy atom. The molecule has 20 heavy (non-hydrogen) atoms. The van der Waals surface area contributed by atoms with Gasteiger partial charge in [-0.05, 0) is 29.3 Å². The van der Waals surface area contributed by atoms with E-state index in [4.69, 9.17) is 15.7 Å². The van der Waals surface area contributed by atoms with E-state index in [-0.39, 0.29) is 5.92 Å². The van der Waals surface area contributed by atoms with Gasteiger partial charge >= 0.3 is 6.09 Å². The maximum Gasteiger partial charge on any atom is 0.404 e. The Hall–Kier alpha value is -1.88. The third kappa shape index (κ3) is 3.17. The molecule has 0 spiro atoms. The Labute approximate surface area is 124 Å². The Balaban J connectivity index is 2.09. The topological polar surface area (TPSA) is 105 Å². The standard InChI is InChI=1S/C12H14BrN5O2/c1-7-10(13)9(4-14)17-12(16-7)18-3-2-8(5-18)6-20-11(15)19/h8H,2-3,5-6H2,1H3,(H2,15,19)/t8-/m1/s1. The van der Waals surface area contributed by atoms with Gasteiger partial charge in [0.1, 0.15) is 6.07 Å². The van der Waals surface area contributed by atoms with E-state index in [1.807, 2.05) is 17.9 Å². The van der Waals surface area contributed by atoms with Gasteiger partial charge in [-0.1, -0.05) is 0 Å². The van der Waals surface area contributed by atoms with Crippen LogP contribution in [0.3, 0.4) is 0 Å². The van der Waals surface area contributed by atoms with E-state index >= 15 is 0 Å². The van der Waals surface area contributed by atoms with E-state index in [1.165, 1.54) is 0 Å². The van der Waals surface area contributed by atoms with Gasteiger partial charge in [0.25, 0.3) is 0 Å². The average molecular weight is 340 g/mol. The monoisotopic (exact) mass is 339 g/mol. The molecule has 1 saturated heterocycles. The van der Waals surface area contributed by atoms with Crippen LogP contribution in [0, 0.1) is 24.2 Å². The van der Waals surface area contributed by atoms with Crippen LogP contribution in [0.15, 0.2) is 4.47 Å². The number of rotatable bonds is 3. The van der Waals surface area contributed by atoms with Crippen molar-refractivity contribution in [1.82, 2.24) is 9.97 Å². The quantitative estimate of drug-likeness (QED) is 0.890. The minimum Gasteiger partial charge on any atom is -0.449 e. The molecule has 1 aromatic rings. The fraction of sp³-hybridized carbons (Fsp3) is 0.500. The molecule has 0 bridgehead atoms. The molecule has 2 N–H and O–H groups in total. The number of amides is 1. The Morgan fingerprint density at radius 1 is 1.65 bits per heavy atom. The van der Waals surface area contributed by atoms with E-state index in [0.29, 0.717) is 29.3 Å². The molecule has 2 heterocycles. The minimum absolute atomic E-state index is 0.209. The molecule has 0 aromatic carbocycles. The van der Waals surface area contributed by atoms with Gasteiger partial charge in [0, 0.05) is 19.0 Å². The van der Waals surface area contributed by atoms with Crippen molar-refractivity contribution in [2.45, 2.75) is 13.3 Å². The summed E-state index contributed by atoms with van der Waals surface area (Å²) in [4.78, 5) is 21.2. The first-order valence-electron chi connectivity index (χ1n) is 6.12. The Morgan fingerprint density at radius 2 is 2.40 bits per heavy atom. The van der Waals surface area contributed by atoms with Gasteiger partial charge in [0.15, 0.2) is 5.69 Å². The summed E-state index contributed by atoms with van der Waals surface area (Å²) in [6.07, 6.45) is 0.110. The summed E-state index contributed by atoms with van der Waals surface area (Å²) >= 11 is 3.30. The lowest BCUT2D eigenvalue weighted by Gasteiger charge is -2.17. The molecule has 1 aliphatic rings. The van der Waals surface area contributed by atoms with E-state index in [2.05, 4.69) is 25.9 Å². The third-order valence-electron chi connectivity index (χ3n) is 3.14. The van der Waals surface area contributed by atoms with E-state index in [0.717, 1.165) is 18.7 Å². The number of hydrogen-bond donors (Lipinski definition) is 1. The summed E-state index contributed by atoms with van der Waals surface area (Å²) in [6.45, 7) is 3.56. The van der Waals surface area contributed by atoms with Crippen molar-refractivity contribution in [3.8, 4) is 6.07 Å². The normalized spacial score (nSPS) is 17.9. The maximum atomic E-state index is 10.6. The lowest BCUT2D eigenvalue weighted by atomic mass is 10.1. The number of carbonyl (C=O) groups is 1. The smallest absolute Gasteiger partial charge is 0.404 e. The summed E-state index contributed by atoms with van der Waals surface area (Å²) in [6, 6.07) is 2.04. The van der Waals surface area contributed by atoms with Crippen LogP contribution in [0.25, 0.3) is 0 Å². The number of primary amides is 1. The molecule has 106 valence electrons. The fourth-order valence-electron chi connectivity index (χ4n) is 2.11. The highest BCUT2D eigenvalue weighted by molar-refractivity contribution is 9.10. The van der Waals surface area contributed by atoms with Crippen molar-refractivity contribution < 1.29 is 9.53 Å². The molecule has 0 saturated carbocycles. The SMILES string of the molecule is Cc1nc(N2CC[C@@H](COC(N)=O)C2)nc(C#N)c1Br. The van der Waals surface area contributed by atoms with Gasteiger partial charge < -0.3 is 15.4 Å². The summed E-state index contributed by atoms with van der Waals surface area (Å²) in [5, 5.41) is 9.05. The molecule has 1 amide bonds. The van der Waals surface area contributed by atoms with Crippen LogP contribution in [-0.4, -0.2) is 35.8 Å². The summed E-state index contributed by atoms with van der Waals surface area (Å²) in [5.74, 6) is 0.740. The number of hydrogen-bond acceptors (Lipinski definition) is 6. The van der Waals surface area contributed by atoms with E-state index < -0.39 is 6.09 Å². The lowest BCUT2D eigenvalue weighted by molar-refractivity contribution is 0.140. The number of ether oxygens (including phenoxy) is 1. The highest BCUT2D eigenvalue weighted by Crippen LogP contribution is 2.25. The summed E-state index contributed by atoms with van der Waals surface area (Å²) < 4.78 is 5.43. The molecule has 1 aliphatic heterocycles. The first kappa shape index (κ1) is 14.5. The molecule has 0 radical (unpaired) electrons. The first-order chi connectivity index (χ1) is 9.51. The fourth-order valence-corrected chi connectivity index (χ4v) is 2.38. The molecule has 1 fully saturated rings. The van der Waals surface area contributed by atoms with Crippen LogP contribution in [0.5, 0.6) is 0 Å². The van der Waals surface area contributed by atoms with E-state index in [9.17, 15) is 4.79 Å². The first-order valence-corrected chi connectivity index (χ1v) is 6.92. The van der Waals surface area contributed by atoms with Crippen LogP contribution in [0.4, 0.5) is 10.7 Å². The molecular formula is C12H14BrN5O2. The largest absolute Gasteiger partial charge is 0.449 e. The number of halogens is 1. The van der Waals surface area contributed by atoms with Gasteiger partial charge in [0.05, 0.1) is 16.8 Å². The van der Waals surface area contributed by atoms with Crippen LogP contribution >= 0.6 is 15.9 Å². The van der Waals surface area contributed by atoms with Gasteiger partial charge in [-0.25, -0.2) is 14.8 Å². The second kappa shape index (κ2) is 6.05. The van der Waals surface area contributed by atoms with Gasteiger partial charge in [-0.15, -0.1) is 0 Å². The third-order valence-corrected chi connectivity index (χ3v) is 4.09. The molecule has 1 atom stereocenters. The van der Waals surface area contributed by atoms with Gasteiger partial charge in [0.2, 0.25) is 5.95 Å². The molecule has 8 heteroatoms. The Kier molecular flexibility index (Phi) is 4.39.